The molecule has 124 valence electrons. The molecule has 0 bridgehead atoms. The molecule has 0 N–H and O–H groups in total. The Labute approximate surface area is 137 Å². The van der Waals surface area contributed by atoms with Crippen LogP contribution >= 0.6 is 0 Å². The molecule has 10 heteroatoms. The molecule has 0 unspecified atom stereocenters. The smallest absolute Gasteiger partial charge is 0.267 e. The average molecular weight is 347 g/mol. The molecule has 3 rings (SSSR count). The predicted molar refractivity (Wildman–Crippen MR) is 82.3 cm³/mol. The summed E-state index contributed by atoms with van der Waals surface area (Å²) in [6.45, 7) is 0.725. The van der Waals surface area contributed by atoms with E-state index in [1.54, 1.807) is 4.68 Å². The molecule has 2 aromatic rings. The van der Waals surface area contributed by atoms with Crippen LogP contribution in [0.3, 0.4) is 0 Å². The summed E-state index contributed by atoms with van der Waals surface area (Å²) in [5.41, 5.74) is 0.356. The van der Waals surface area contributed by atoms with Gasteiger partial charge in [-0.3, -0.25) is 14.8 Å². The fourth-order valence-corrected chi connectivity index (χ4v) is 4.27. The first-order chi connectivity index (χ1) is 11.4. The second-order valence-corrected chi connectivity index (χ2v) is 7.18. The van der Waals surface area contributed by atoms with Gasteiger partial charge in [-0.25, -0.2) is 8.42 Å². The van der Waals surface area contributed by atoms with Crippen molar-refractivity contribution >= 4 is 15.7 Å². The maximum atomic E-state index is 12.9. The number of para-hydroxylation sites is 1. The van der Waals surface area contributed by atoms with Gasteiger partial charge in [0.05, 0.1) is 17.2 Å². The standard InChI is InChI=1S/C14H13N5O4S/c15-9-11-8-12-10-17(6-3-7-18(12)16-11)24(22,23)14-5-2-1-4-13(14)19(20)21/h1-2,4-5,8H,3,6-7,10H2. The van der Waals surface area contributed by atoms with Crippen LogP contribution in [0.25, 0.3) is 0 Å². The second-order valence-electron chi connectivity index (χ2n) is 5.27. The second kappa shape index (κ2) is 6.03. The number of hydrogen-bond acceptors (Lipinski definition) is 6. The van der Waals surface area contributed by atoms with Crippen LogP contribution in [0.4, 0.5) is 5.69 Å². The quantitative estimate of drug-likeness (QED) is 0.608. The minimum Gasteiger partial charge on any atom is -0.267 e. The van der Waals surface area contributed by atoms with Crippen LogP contribution < -0.4 is 0 Å². The first-order valence-electron chi connectivity index (χ1n) is 7.14. The summed E-state index contributed by atoms with van der Waals surface area (Å²) in [6, 6.07) is 8.74. The molecule has 0 fully saturated rings. The number of rotatable bonds is 3. The van der Waals surface area contributed by atoms with Crippen molar-refractivity contribution in [3.8, 4) is 6.07 Å². The molecule has 0 atom stereocenters. The van der Waals surface area contributed by atoms with Gasteiger partial charge in [0.25, 0.3) is 5.69 Å². The lowest BCUT2D eigenvalue weighted by Gasteiger charge is -2.19. The van der Waals surface area contributed by atoms with Crippen LogP contribution in [0.5, 0.6) is 0 Å². The molecule has 0 saturated heterocycles. The Morgan fingerprint density at radius 3 is 2.75 bits per heavy atom. The van der Waals surface area contributed by atoms with Gasteiger partial charge in [0.1, 0.15) is 6.07 Å². The summed E-state index contributed by atoms with van der Waals surface area (Å²) in [4.78, 5) is 10.1. The van der Waals surface area contributed by atoms with Gasteiger partial charge in [-0.2, -0.15) is 14.7 Å². The zero-order valence-electron chi connectivity index (χ0n) is 12.5. The first kappa shape index (κ1) is 16.1. The zero-order valence-corrected chi connectivity index (χ0v) is 13.3. The van der Waals surface area contributed by atoms with Gasteiger partial charge < -0.3 is 0 Å². The summed E-state index contributed by atoms with van der Waals surface area (Å²) in [5.74, 6) is 0. The molecular weight excluding hydrogens is 334 g/mol. The van der Waals surface area contributed by atoms with E-state index >= 15 is 0 Å². The van der Waals surface area contributed by atoms with E-state index in [4.69, 9.17) is 5.26 Å². The number of nitriles is 1. The summed E-state index contributed by atoms with van der Waals surface area (Å²) in [7, 11) is -4.03. The number of aromatic nitrogens is 2. The van der Waals surface area contributed by atoms with Gasteiger partial charge in [-0.05, 0) is 18.6 Å². The number of hydrogen-bond donors (Lipinski definition) is 0. The molecule has 1 aromatic carbocycles. The van der Waals surface area contributed by atoms with Crippen molar-refractivity contribution in [1.29, 1.82) is 5.26 Å². The minimum atomic E-state index is -4.03. The summed E-state index contributed by atoms with van der Waals surface area (Å²) in [6.07, 6.45) is 0.499. The van der Waals surface area contributed by atoms with Crippen molar-refractivity contribution in [2.45, 2.75) is 24.4 Å². The van der Waals surface area contributed by atoms with Gasteiger partial charge in [-0.15, -0.1) is 0 Å². The molecule has 1 aliphatic rings. The van der Waals surface area contributed by atoms with Crippen molar-refractivity contribution in [3.05, 3.63) is 51.8 Å². The lowest BCUT2D eigenvalue weighted by molar-refractivity contribution is -0.387. The largest absolute Gasteiger partial charge is 0.289 e. The van der Waals surface area contributed by atoms with Gasteiger partial charge in [0, 0.05) is 19.2 Å². The SMILES string of the molecule is N#Cc1cc2n(n1)CCCN(S(=O)(=O)c1ccccc1[N+](=O)[O-])C2. The topological polar surface area (TPSA) is 122 Å². The molecule has 0 amide bonds. The Bertz CT molecular complexity index is 944. The highest BCUT2D eigenvalue weighted by Gasteiger charge is 2.33. The highest BCUT2D eigenvalue weighted by Crippen LogP contribution is 2.28. The highest BCUT2D eigenvalue weighted by atomic mass is 32.2. The van der Waals surface area contributed by atoms with E-state index < -0.39 is 20.6 Å². The molecule has 24 heavy (non-hydrogen) atoms. The van der Waals surface area contributed by atoms with E-state index in [9.17, 15) is 18.5 Å². The normalized spacial score (nSPS) is 15.3. The minimum absolute atomic E-state index is 0.0169. The fraction of sp³-hybridized carbons (Fsp3) is 0.286. The Kier molecular flexibility index (Phi) is 4.04. The molecule has 9 nitrogen and oxygen atoms in total. The van der Waals surface area contributed by atoms with Crippen molar-refractivity contribution in [3.63, 3.8) is 0 Å². The number of nitro benzene ring substituents is 1. The third kappa shape index (κ3) is 2.75. The van der Waals surface area contributed by atoms with Crippen molar-refractivity contribution in [1.82, 2.24) is 14.1 Å². The molecule has 0 spiro atoms. The Morgan fingerprint density at radius 1 is 1.29 bits per heavy atom. The number of benzene rings is 1. The van der Waals surface area contributed by atoms with Crippen LogP contribution in [0.1, 0.15) is 17.8 Å². The van der Waals surface area contributed by atoms with E-state index in [1.807, 2.05) is 6.07 Å². The van der Waals surface area contributed by atoms with Crippen LogP contribution in [0.2, 0.25) is 0 Å². The molecule has 0 aliphatic carbocycles. The monoisotopic (exact) mass is 347 g/mol. The third-order valence-corrected chi connectivity index (χ3v) is 5.67. The fourth-order valence-electron chi connectivity index (χ4n) is 2.66. The van der Waals surface area contributed by atoms with E-state index in [2.05, 4.69) is 5.10 Å². The van der Waals surface area contributed by atoms with E-state index in [-0.39, 0.29) is 23.7 Å². The van der Waals surface area contributed by atoms with Crippen LogP contribution in [0.15, 0.2) is 35.2 Å². The van der Waals surface area contributed by atoms with Gasteiger partial charge in [0.2, 0.25) is 10.0 Å². The number of sulfonamides is 1. The van der Waals surface area contributed by atoms with Gasteiger partial charge in [-0.1, -0.05) is 12.1 Å². The zero-order chi connectivity index (χ0) is 17.3. The summed E-state index contributed by atoms with van der Waals surface area (Å²) >= 11 is 0. The van der Waals surface area contributed by atoms with Crippen LogP contribution in [-0.2, 0) is 23.1 Å². The molecule has 0 saturated carbocycles. The molecule has 1 aliphatic heterocycles. The molecule has 1 aromatic heterocycles. The maximum absolute atomic E-state index is 12.9. The lowest BCUT2D eigenvalue weighted by Crippen LogP contribution is -2.31. The van der Waals surface area contributed by atoms with E-state index in [0.29, 0.717) is 18.7 Å². The van der Waals surface area contributed by atoms with E-state index in [0.717, 1.165) is 0 Å². The molecular formula is C14H13N5O4S. The first-order valence-corrected chi connectivity index (χ1v) is 8.58. The van der Waals surface area contributed by atoms with Gasteiger partial charge >= 0.3 is 0 Å². The number of fused-ring (bicyclic) bond motifs is 1. The Hall–Kier alpha value is -2.77. The molecule has 0 radical (unpaired) electrons. The third-order valence-electron chi connectivity index (χ3n) is 3.77. The lowest BCUT2D eigenvalue weighted by atomic mass is 10.3. The van der Waals surface area contributed by atoms with Crippen LogP contribution in [-0.4, -0.2) is 34.0 Å². The Morgan fingerprint density at radius 2 is 2.04 bits per heavy atom. The number of nitro groups is 1. The Balaban J connectivity index is 2.02. The predicted octanol–water partition coefficient (Wildman–Crippen LogP) is 1.26. The summed E-state index contributed by atoms with van der Waals surface area (Å²) < 4.78 is 28.6. The van der Waals surface area contributed by atoms with Crippen molar-refractivity contribution in [2.75, 3.05) is 6.54 Å². The average Bonchev–Trinajstić information content (AvgIpc) is 2.85. The number of aryl methyl sites for hydroxylation is 1. The maximum Gasteiger partial charge on any atom is 0.289 e. The van der Waals surface area contributed by atoms with Crippen LogP contribution in [0, 0.1) is 21.4 Å². The van der Waals surface area contributed by atoms with E-state index in [1.165, 1.54) is 34.6 Å². The summed E-state index contributed by atoms with van der Waals surface area (Å²) in [5, 5.41) is 24.1. The van der Waals surface area contributed by atoms with Crippen molar-refractivity contribution < 1.29 is 13.3 Å². The molecule has 2 heterocycles. The van der Waals surface area contributed by atoms with Crippen molar-refractivity contribution in [2.24, 2.45) is 0 Å². The number of nitrogens with zero attached hydrogens (tertiary/aromatic N) is 5. The highest BCUT2D eigenvalue weighted by molar-refractivity contribution is 7.89. The van der Waals surface area contributed by atoms with Gasteiger partial charge in [0.15, 0.2) is 10.6 Å².